The lowest BCUT2D eigenvalue weighted by Crippen LogP contribution is -2.24. The van der Waals surface area contributed by atoms with Crippen molar-refractivity contribution in [2.45, 2.75) is 38.1 Å². The topological polar surface area (TPSA) is 44.1 Å². The van der Waals surface area contributed by atoms with E-state index < -0.39 is 0 Å². The fourth-order valence-electron chi connectivity index (χ4n) is 2.07. The minimum Gasteiger partial charge on any atom is -0.379 e. The monoisotopic (exact) mass is 326 g/mol. The molecule has 0 N–H and O–H groups in total. The number of ether oxygens (including phenoxy) is 1. The molecule has 0 saturated heterocycles. The van der Waals surface area contributed by atoms with Crippen molar-refractivity contribution >= 4 is 34.3 Å². The van der Waals surface area contributed by atoms with Gasteiger partial charge in [0.05, 0.1) is 17.0 Å². The lowest BCUT2D eigenvalue weighted by Gasteiger charge is -2.13. The third-order valence-electron chi connectivity index (χ3n) is 3.04. The van der Waals surface area contributed by atoms with Crippen LogP contribution in [0.15, 0.2) is 28.2 Å². The average Bonchev–Trinajstić information content (AvgIpc) is 2.44. The van der Waals surface area contributed by atoms with Crippen LogP contribution in [0.2, 0.25) is 5.02 Å². The Bertz CT molecular complexity index is 685. The fourth-order valence-corrected chi connectivity index (χ4v) is 2.82. The van der Waals surface area contributed by atoms with Crippen LogP contribution >= 0.6 is 23.4 Å². The SMILES string of the molecule is CSc1nc2cc(Cl)ccc2c(=O)n1CCCOC(C)C. The Kier molecular flexibility index (Phi) is 5.67. The van der Waals surface area contributed by atoms with Crippen LogP contribution in [0.1, 0.15) is 20.3 Å². The molecule has 114 valence electrons. The van der Waals surface area contributed by atoms with Crippen LogP contribution in [0.5, 0.6) is 0 Å². The average molecular weight is 327 g/mol. The number of benzene rings is 1. The zero-order valence-electron chi connectivity index (χ0n) is 12.4. The molecule has 0 atom stereocenters. The van der Waals surface area contributed by atoms with Crippen LogP contribution in [-0.4, -0.2) is 28.5 Å². The number of aromatic nitrogens is 2. The Morgan fingerprint density at radius 2 is 2.19 bits per heavy atom. The quantitative estimate of drug-likeness (QED) is 0.462. The highest BCUT2D eigenvalue weighted by atomic mass is 35.5. The first-order valence-electron chi connectivity index (χ1n) is 6.88. The van der Waals surface area contributed by atoms with Crippen molar-refractivity contribution in [3.63, 3.8) is 0 Å². The number of thioether (sulfide) groups is 1. The molecule has 1 aromatic heterocycles. The molecule has 0 fully saturated rings. The molecule has 1 aromatic carbocycles. The van der Waals surface area contributed by atoms with Crippen molar-refractivity contribution in [3.8, 4) is 0 Å². The summed E-state index contributed by atoms with van der Waals surface area (Å²) in [6, 6.07) is 5.18. The molecule has 21 heavy (non-hydrogen) atoms. The molecule has 4 nitrogen and oxygen atoms in total. The molecule has 0 aliphatic heterocycles. The Morgan fingerprint density at radius 1 is 1.43 bits per heavy atom. The summed E-state index contributed by atoms with van der Waals surface area (Å²) in [6.07, 6.45) is 2.91. The van der Waals surface area contributed by atoms with Gasteiger partial charge in [0.25, 0.3) is 5.56 Å². The molecular formula is C15H19ClN2O2S. The first-order valence-corrected chi connectivity index (χ1v) is 8.49. The van der Waals surface area contributed by atoms with E-state index in [0.29, 0.717) is 34.2 Å². The van der Waals surface area contributed by atoms with E-state index in [1.165, 1.54) is 11.8 Å². The van der Waals surface area contributed by atoms with Crippen LogP contribution in [0.3, 0.4) is 0 Å². The minimum absolute atomic E-state index is 0.0226. The van der Waals surface area contributed by atoms with E-state index in [1.807, 2.05) is 20.1 Å². The van der Waals surface area contributed by atoms with Gasteiger partial charge in [-0.25, -0.2) is 4.98 Å². The van der Waals surface area contributed by atoms with E-state index in [0.717, 1.165) is 6.42 Å². The first-order chi connectivity index (χ1) is 10.0. The number of hydrogen-bond donors (Lipinski definition) is 0. The largest absolute Gasteiger partial charge is 0.379 e. The fraction of sp³-hybridized carbons (Fsp3) is 0.467. The molecule has 6 heteroatoms. The third kappa shape index (κ3) is 3.99. The molecule has 2 rings (SSSR count). The lowest BCUT2D eigenvalue weighted by atomic mass is 10.2. The smallest absolute Gasteiger partial charge is 0.262 e. The third-order valence-corrected chi connectivity index (χ3v) is 3.95. The number of rotatable bonds is 6. The predicted molar refractivity (Wildman–Crippen MR) is 88.5 cm³/mol. The molecule has 0 saturated carbocycles. The zero-order valence-corrected chi connectivity index (χ0v) is 14.0. The molecular weight excluding hydrogens is 308 g/mol. The van der Waals surface area contributed by atoms with Gasteiger partial charge in [0.2, 0.25) is 0 Å². The summed E-state index contributed by atoms with van der Waals surface area (Å²) in [5.41, 5.74) is 0.622. The molecule has 0 amide bonds. The van der Waals surface area contributed by atoms with Crippen LogP contribution in [0.4, 0.5) is 0 Å². The van der Waals surface area contributed by atoms with Crippen molar-refractivity contribution in [3.05, 3.63) is 33.6 Å². The van der Waals surface area contributed by atoms with Gasteiger partial charge >= 0.3 is 0 Å². The molecule has 0 aliphatic rings. The molecule has 0 aliphatic carbocycles. The zero-order chi connectivity index (χ0) is 15.4. The molecule has 1 heterocycles. The van der Waals surface area contributed by atoms with Gasteiger partial charge in [-0.15, -0.1) is 0 Å². The van der Waals surface area contributed by atoms with Crippen LogP contribution in [-0.2, 0) is 11.3 Å². The van der Waals surface area contributed by atoms with E-state index in [-0.39, 0.29) is 11.7 Å². The summed E-state index contributed by atoms with van der Waals surface area (Å²) >= 11 is 7.43. The highest BCUT2D eigenvalue weighted by Gasteiger charge is 2.10. The van der Waals surface area contributed by atoms with E-state index in [2.05, 4.69) is 4.98 Å². The highest BCUT2D eigenvalue weighted by Crippen LogP contribution is 2.19. The van der Waals surface area contributed by atoms with Crippen molar-refractivity contribution in [1.82, 2.24) is 9.55 Å². The van der Waals surface area contributed by atoms with Gasteiger partial charge in [-0.2, -0.15) is 0 Å². The summed E-state index contributed by atoms with van der Waals surface area (Å²) in [4.78, 5) is 17.1. The van der Waals surface area contributed by atoms with Crippen molar-refractivity contribution in [2.24, 2.45) is 0 Å². The Morgan fingerprint density at radius 3 is 2.86 bits per heavy atom. The number of halogens is 1. The summed E-state index contributed by atoms with van der Waals surface area (Å²) in [5.74, 6) is 0. The lowest BCUT2D eigenvalue weighted by molar-refractivity contribution is 0.0743. The normalized spacial score (nSPS) is 11.5. The standard InChI is InChI=1S/C15H19ClN2O2S/c1-10(2)20-8-4-7-18-14(19)12-6-5-11(16)9-13(12)17-15(18)21-3/h5-6,9-10H,4,7-8H2,1-3H3. The van der Waals surface area contributed by atoms with E-state index in [4.69, 9.17) is 16.3 Å². The summed E-state index contributed by atoms with van der Waals surface area (Å²) < 4.78 is 7.23. The Balaban J connectivity index is 2.31. The van der Waals surface area contributed by atoms with Gasteiger partial charge in [0.1, 0.15) is 0 Å². The Labute approximate surface area is 133 Å². The molecule has 0 radical (unpaired) electrons. The van der Waals surface area contributed by atoms with Gasteiger partial charge in [-0.05, 0) is 44.7 Å². The second-order valence-corrected chi connectivity index (χ2v) is 6.20. The highest BCUT2D eigenvalue weighted by molar-refractivity contribution is 7.98. The van der Waals surface area contributed by atoms with Gasteiger partial charge < -0.3 is 4.74 Å². The summed E-state index contributed by atoms with van der Waals surface area (Å²) in [7, 11) is 0. The van der Waals surface area contributed by atoms with Crippen molar-refractivity contribution in [2.75, 3.05) is 12.9 Å². The molecule has 2 aromatic rings. The molecule has 0 bridgehead atoms. The first kappa shape index (κ1) is 16.3. The predicted octanol–water partition coefficient (Wildman–Crippen LogP) is 3.59. The number of fused-ring (bicyclic) bond motifs is 1. The molecule has 0 spiro atoms. The van der Waals surface area contributed by atoms with Gasteiger partial charge in [0.15, 0.2) is 5.16 Å². The van der Waals surface area contributed by atoms with Crippen LogP contribution in [0.25, 0.3) is 10.9 Å². The number of hydrogen-bond acceptors (Lipinski definition) is 4. The van der Waals surface area contributed by atoms with Gasteiger partial charge in [-0.1, -0.05) is 23.4 Å². The summed E-state index contributed by atoms with van der Waals surface area (Å²) in [6.45, 7) is 5.24. The second-order valence-electron chi connectivity index (χ2n) is 4.99. The van der Waals surface area contributed by atoms with E-state index in [1.54, 1.807) is 22.8 Å². The van der Waals surface area contributed by atoms with Crippen molar-refractivity contribution < 1.29 is 4.74 Å². The van der Waals surface area contributed by atoms with E-state index in [9.17, 15) is 4.79 Å². The maximum atomic E-state index is 12.6. The maximum Gasteiger partial charge on any atom is 0.262 e. The van der Waals surface area contributed by atoms with Crippen LogP contribution in [0, 0.1) is 0 Å². The van der Waals surface area contributed by atoms with E-state index >= 15 is 0 Å². The second kappa shape index (κ2) is 7.29. The van der Waals surface area contributed by atoms with Gasteiger partial charge in [-0.3, -0.25) is 9.36 Å². The number of nitrogens with zero attached hydrogens (tertiary/aromatic N) is 2. The maximum absolute atomic E-state index is 12.6. The summed E-state index contributed by atoms with van der Waals surface area (Å²) in [5, 5.41) is 1.89. The van der Waals surface area contributed by atoms with Crippen molar-refractivity contribution in [1.29, 1.82) is 0 Å². The van der Waals surface area contributed by atoms with Gasteiger partial charge in [0, 0.05) is 18.2 Å². The van der Waals surface area contributed by atoms with Crippen LogP contribution < -0.4 is 5.56 Å². The molecule has 0 unspecified atom stereocenters. The minimum atomic E-state index is -0.0226. The Hall–Kier alpha value is -1.04.